The maximum atomic E-state index is 6.03. The van der Waals surface area contributed by atoms with Crippen LogP contribution in [0.25, 0.3) is 0 Å². The second-order valence-electron chi connectivity index (χ2n) is 4.11. The summed E-state index contributed by atoms with van der Waals surface area (Å²) >= 11 is 1.96. The van der Waals surface area contributed by atoms with Gasteiger partial charge in [0.15, 0.2) is 0 Å². The van der Waals surface area contributed by atoms with Crippen molar-refractivity contribution in [2.75, 3.05) is 20.8 Å². The van der Waals surface area contributed by atoms with Crippen LogP contribution in [-0.4, -0.2) is 56.9 Å². The van der Waals surface area contributed by atoms with Crippen molar-refractivity contribution in [3.63, 3.8) is 0 Å². The fourth-order valence-corrected chi connectivity index (χ4v) is 4.38. The summed E-state index contributed by atoms with van der Waals surface area (Å²) in [7, 11) is 5.60. The van der Waals surface area contributed by atoms with Crippen molar-refractivity contribution < 1.29 is 14.2 Å². The molecule has 0 aromatic carbocycles. The van der Waals surface area contributed by atoms with Gasteiger partial charge >= 0.3 is 0 Å². The van der Waals surface area contributed by atoms with Gasteiger partial charge in [0.1, 0.15) is 19.6 Å². The first-order valence-corrected chi connectivity index (χ1v) is 5.95. The minimum atomic E-state index is -0.224. The highest BCUT2D eigenvalue weighted by atomic mass is 32.2. The molecule has 0 radical (unpaired) electrons. The Hall–Kier alpha value is 0.295. The van der Waals surface area contributed by atoms with Gasteiger partial charge in [0, 0.05) is 25.5 Å². The van der Waals surface area contributed by atoms with Gasteiger partial charge in [0.25, 0.3) is 0 Å². The van der Waals surface area contributed by atoms with Gasteiger partial charge in [-0.25, -0.2) is 0 Å². The fourth-order valence-electron chi connectivity index (χ4n) is 2.66. The van der Waals surface area contributed by atoms with Crippen LogP contribution >= 0.6 is 11.8 Å². The first-order valence-electron chi connectivity index (χ1n) is 5.00. The predicted octanol–water partition coefficient (Wildman–Crippen LogP) is -0.120. The van der Waals surface area contributed by atoms with Gasteiger partial charge in [-0.1, -0.05) is 6.92 Å². The van der Waals surface area contributed by atoms with Gasteiger partial charge in [0.05, 0.1) is 11.9 Å². The van der Waals surface area contributed by atoms with E-state index in [1.54, 1.807) is 14.2 Å². The Morgan fingerprint density at radius 2 is 2.21 bits per heavy atom. The second-order valence-corrected chi connectivity index (χ2v) is 5.63. The molecule has 2 bridgehead atoms. The SMILES string of the molecule is BC1O[C@]2(COC)C(C)SC1C2OC. The van der Waals surface area contributed by atoms with Gasteiger partial charge in [-0.05, 0) is 0 Å². The van der Waals surface area contributed by atoms with Crippen LogP contribution in [0.3, 0.4) is 0 Å². The summed E-state index contributed by atoms with van der Waals surface area (Å²) in [4.78, 5) is 0. The number of thioether (sulfide) groups is 1. The van der Waals surface area contributed by atoms with Gasteiger partial charge in [-0.3, -0.25) is 0 Å². The molecule has 2 fully saturated rings. The van der Waals surface area contributed by atoms with E-state index in [0.29, 0.717) is 17.1 Å². The number of hydrogen-bond acceptors (Lipinski definition) is 4. The highest BCUT2D eigenvalue weighted by Crippen LogP contribution is 2.52. The van der Waals surface area contributed by atoms with E-state index in [4.69, 9.17) is 14.2 Å². The summed E-state index contributed by atoms with van der Waals surface area (Å²) in [5.41, 5.74) is -0.224. The second kappa shape index (κ2) is 3.70. The molecule has 2 heterocycles. The lowest BCUT2D eigenvalue weighted by Crippen LogP contribution is -2.49. The topological polar surface area (TPSA) is 27.7 Å². The van der Waals surface area contributed by atoms with E-state index in [-0.39, 0.29) is 17.7 Å². The molecule has 0 amide bonds. The molecule has 14 heavy (non-hydrogen) atoms. The zero-order valence-corrected chi connectivity index (χ0v) is 9.97. The summed E-state index contributed by atoms with van der Waals surface area (Å²) in [6, 6.07) is 0.274. The van der Waals surface area contributed by atoms with E-state index in [0.717, 1.165) is 0 Å². The summed E-state index contributed by atoms with van der Waals surface area (Å²) < 4.78 is 16.9. The van der Waals surface area contributed by atoms with E-state index < -0.39 is 0 Å². The van der Waals surface area contributed by atoms with Crippen LogP contribution in [0.15, 0.2) is 0 Å². The zero-order valence-electron chi connectivity index (χ0n) is 9.15. The first-order chi connectivity index (χ1) is 6.65. The highest BCUT2D eigenvalue weighted by molar-refractivity contribution is 8.01. The third kappa shape index (κ3) is 1.26. The molecule has 2 saturated heterocycles. The molecule has 5 atom stereocenters. The molecule has 0 aromatic heterocycles. The van der Waals surface area contributed by atoms with Gasteiger partial charge in [0.2, 0.25) is 0 Å². The minimum absolute atomic E-state index is 0.178. The van der Waals surface area contributed by atoms with Crippen LogP contribution in [-0.2, 0) is 14.2 Å². The summed E-state index contributed by atoms with van der Waals surface area (Å²) in [5.74, 6) is 0. The summed E-state index contributed by atoms with van der Waals surface area (Å²) in [6.45, 7) is 2.82. The van der Waals surface area contributed by atoms with Gasteiger partial charge in [-0.2, -0.15) is 0 Å². The standard InChI is InChI=1S/C9H17BO3S/c1-5-9(4-11-2)7(12-3)6(14-5)8(10)13-9/h5-8H,4,10H2,1-3H3/t5?,6?,7?,8?,9-/m1/s1. The Kier molecular flexibility index (Phi) is 2.86. The number of hydrogen-bond donors (Lipinski definition) is 0. The summed E-state index contributed by atoms with van der Waals surface area (Å²) in [5, 5.41) is 0.916. The first kappa shape index (κ1) is 10.8. The van der Waals surface area contributed by atoms with Crippen LogP contribution < -0.4 is 0 Å². The smallest absolute Gasteiger partial charge is 0.140 e. The van der Waals surface area contributed by atoms with Crippen molar-refractivity contribution in [3.05, 3.63) is 0 Å². The Balaban J connectivity index is 2.25. The van der Waals surface area contributed by atoms with E-state index in [1.807, 2.05) is 11.8 Å². The van der Waals surface area contributed by atoms with Gasteiger partial charge < -0.3 is 14.2 Å². The van der Waals surface area contributed by atoms with Crippen LogP contribution in [0.2, 0.25) is 0 Å². The molecule has 3 nitrogen and oxygen atoms in total. The molecule has 0 aliphatic carbocycles. The fraction of sp³-hybridized carbons (Fsp3) is 1.00. The van der Waals surface area contributed by atoms with Crippen LogP contribution in [0, 0.1) is 0 Å². The molecule has 2 aliphatic rings. The number of fused-ring (bicyclic) bond motifs is 2. The van der Waals surface area contributed by atoms with Crippen molar-refractivity contribution in [1.82, 2.24) is 0 Å². The Morgan fingerprint density at radius 3 is 2.79 bits per heavy atom. The third-order valence-electron chi connectivity index (χ3n) is 3.32. The normalized spacial score (nSPS) is 51.4. The minimum Gasteiger partial charge on any atom is -0.382 e. The van der Waals surface area contributed by atoms with Crippen molar-refractivity contribution in [1.29, 1.82) is 0 Å². The molecular formula is C9H17BO3S. The molecule has 2 rings (SSSR count). The van der Waals surface area contributed by atoms with E-state index in [2.05, 4.69) is 14.8 Å². The lowest BCUT2D eigenvalue weighted by Gasteiger charge is -2.35. The largest absolute Gasteiger partial charge is 0.382 e. The van der Waals surface area contributed by atoms with Crippen molar-refractivity contribution in [3.8, 4) is 0 Å². The molecular weight excluding hydrogens is 199 g/mol. The predicted molar refractivity (Wildman–Crippen MR) is 59.7 cm³/mol. The molecule has 0 N–H and O–H groups in total. The van der Waals surface area contributed by atoms with Crippen molar-refractivity contribution >= 4 is 19.6 Å². The Bertz CT molecular complexity index is 228. The van der Waals surface area contributed by atoms with Crippen molar-refractivity contribution in [2.24, 2.45) is 0 Å². The highest BCUT2D eigenvalue weighted by Gasteiger charge is 2.63. The maximum Gasteiger partial charge on any atom is 0.140 e. The lowest BCUT2D eigenvalue weighted by atomic mass is 9.90. The third-order valence-corrected chi connectivity index (χ3v) is 5.07. The molecule has 80 valence electrons. The number of methoxy groups -OCH3 is 2. The van der Waals surface area contributed by atoms with E-state index in [9.17, 15) is 0 Å². The molecule has 0 aromatic rings. The average Bonchev–Trinajstić information content (AvgIpc) is 2.54. The molecule has 5 heteroatoms. The monoisotopic (exact) mass is 216 g/mol. The number of rotatable bonds is 3. The van der Waals surface area contributed by atoms with Crippen LogP contribution in [0.5, 0.6) is 0 Å². The zero-order chi connectivity index (χ0) is 10.3. The Labute approximate surface area is 90.3 Å². The number of ether oxygens (including phenoxy) is 3. The van der Waals surface area contributed by atoms with Crippen LogP contribution in [0.4, 0.5) is 0 Å². The molecule has 2 aliphatic heterocycles. The van der Waals surface area contributed by atoms with Crippen LogP contribution in [0.1, 0.15) is 6.92 Å². The molecule has 4 unspecified atom stereocenters. The average molecular weight is 216 g/mol. The molecule has 0 saturated carbocycles. The van der Waals surface area contributed by atoms with E-state index >= 15 is 0 Å². The van der Waals surface area contributed by atoms with Crippen molar-refractivity contribution in [2.45, 2.75) is 35.1 Å². The van der Waals surface area contributed by atoms with E-state index in [1.165, 1.54) is 0 Å². The summed E-state index contributed by atoms with van der Waals surface area (Å²) in [6.07, 6.45) is 0.178. The maximum absolute atomic E-state index is 6.03. The van der Waals surface area contributed by atoms with Gasteiger partial charge in [-0.15, -0.1) is 11.8 Å². The lowest BCUT2D eigenvalue weighted by molar-refractivity contribution is -0.111. The quantitative estimate of drug-likeness (QED) is 0.615. The Morgan fingerprint density at radius 1 is 1.50 bits per heavy atom. The molecule has 0 spiro atoms.